The van der Waals surface area contributed by atoms with Crippen LogP contribution in [0, 0.1) is 0 Å². The molecule has 12 nitrogen and oxygen atoms in total. The normalized spacial score (nSPS) is 23.6. The predicted molar refractivity (Wildman–Crippen MR) is 122 cm³/mol. The summed E-state index contributed by atoms with van der Waals surface area (Å²) in [6.07, 6.45) is -1.94. The van der Waals surface area contributed by atoms with Crippen LogP contribution in [0.1, 0.15) is 22.8 Å². The van der Waals surface area contributed by atoms with Crippen molar-refractivity contribution in [2.75, 3.05) is 6.54 Å². The number of nitrogens with zero attached hydrogens (tertiary/aromatic N) is 6. The first-order chi connectivity index (χ1) is 16.5. The molecule has 0 saturated carbocycles. The van der Waals surface area contributed by atoms with Gasteiger partial charge in [0.05, 0.1) is 31.3 Å². The van der Waals surface area contributed by atoms with Crippen LogP contribution in [0.2, 0.25) is 0 Å². The molecule has 2 aromatic rings. The fraction of sp³-hybridized carbons (Fsp3) is 0.364. The second-order valence-electron chi connectivity index (χ2n) is 7.54. The molecule has 2 N–H and O–H groups in total. The highest BCUT2D eigenvalue weighted by molar-refractivity contribution is 5.94. The van der Waals surface area contributed by atoms with Crippen molar-refractivity contribution in [3.8, 4) is 0 Å². The highest BCUT2D eigenvalue weighted by atomic mass is 16.7. The van der Waals surface area contributed by atoms with Crippen molar-refractivity contribution >= 4 is 11.8 Å². The van der Waals surface area contributed by atoms with E-state index in [9.17, 15) is 15.1 Å². The Kier molecular flexibility index (Phi) is 8.84. The number of amides is 2. The lowest BCUT2D eigenvalue weighted by Gasteiger charge is -2.45. The first-order valence-corrected chi connectivity index (χ1v) is 10.5. The van der Waals surface area contributed by atoms with Gasteiger partial charge in [0.25, 0.3) is 5.91 Å². The molecule has 0 spiro atoms. The van der Waals surface area contributed by atoms with Gasteiger partial charge in [-0.3, -0.25) is 9.59 Å². The van der Waals surface area contributed by atoms with Crippen molar-refractivity contribution in [2.45, 2.75) is 44.1 Å². The summed E-state index contributed by atoms with van der Waals surface area (Å²) < 4.78 is 12.0. The first-order valence-electron chi connectivity index (χ1n) is 10.5. The van der Waals surface area contributed by atoms with Gasteiger partial charge in [-0.15, -0.1) is 0 Å². The van der Waals surface area contributed by atoms with E-state index < -0.39 is 42.3 Å². The summed E-state index contributed by atoms with van der Waals surface area (Å²) in [6.45, 7) is 1.30. The second-order valence-corrected chi connectivity index (χ2v) is 7.54. The third-order valence-electron chi connectivity index (χ3n) is 5.21. The molecule has 1 heterocycles. The summed E-state index contributed by atoms with van der Waals surface area (Å²) in [7, 11) is 0. The largest absolute Gasteiger partial charge is 0.347 e. The zero-order chi connectivity index (χ0) is 24.3. The van der Waals surface area contributed by atoms with Gasteiger partial charge in [0.1, 0.15) is 6.04 Å². The van der Waals surface area contributed by atoms with Crippen LogP contribution in [-0.4, -0.2) is 48.9 Å². The molecule has 5 atom stereocenters. The molecule has 1 aliphatic heterocycles. The Morgan fingerprint density at radius 3 is 2.29 bits per heavy atom. The van der Waals surface area contributed by atoms with Crippen molar-refractivity contribution in [3.63, 3.8) is 0 Å². The molecule has 2 amide bonds. The minimum absolute atomic E-state index is 0.154. The van der Waals surface area contributed by atoms with Gasteiger partial charge in [0, 0.05) is 22.3 Å². The maximum absolute atomic E-state index is 13.0. The Hall–Kier alpha value is -4.08. The molecular formula is C22H24N8O4. The number of hydrogen-bond donors (Lipinski definition) is 2. The van der Waals surface area contributed by atoms with Gasteiger partial charge in [-0.1, -0.05) is 58.8 Å². The van der Waals surface area contributed by atoms with Gasteiger partial charge in [-0.25, -0.2) is 0 Å². The van der Waals surface area contributed by atoms with Crippen LogP contribution < -0.4 is 10.6 Å². The molecule has 1 saturated heterocycles. The Bertz CT molecular complexity index is 1070. The number of hydrogen-bond acceptors (Lipinski definition) is 6. The summed E-state index contributed by atoms with van der Waals surface area (Å²) >= 11 is 0. The lowest BCUT2D eigenvalue weighted by molar-refractivity contribution is -0.221. The zero-order valence-electron chi connectivity index (χ0n) is 18.4. The maximum atomic E-state index is 13.0. The van der Waals surface area contributed by atoms with Crippen molar-refractivity contribution in [2.24, 2.45) is 10.2 Å². The smallest absolute Gasteiger partial charge is 0.251 e. The van der Waals surface area contributed by atoms with E-state index in [4.69, 9.17) is 15.0 Å². The molecule has 0 aromatic heterocycles. The van der Waals surface area contributed by atoms with Crippen LogP contribution in [0.25, 0.3) is 20.9 Å². The van der Waals surface area contributed by atoms with Crippen LogP contribution >= 0.6 is 0 Å². The standard InChI is InChI=1S/C22H24N8O4/c1-14(31)26-20-19(27-21(32)16-10-6-3-7-11-16)18(28-30-24)17(12-25-29-23)34-22(20)33-13-15-8-4-2-5-9-15/h2-11,17-20,22H,12-13H2,1H3,(H,26,31)(H,27,32)/t17-,18-,19-,20+,22+/m0/s1. The van der Waals surface area contributed by atoms with Crippen molar-refractivity contribution in [1.82, 2.24) is 10.6 Å². The van der Waals surface area contributed by atoms with E-state index in [1.807, 2.05) is 30.3 Å². The number of carbonyl (C=O) groups excluding carboxylic acids is 2. The number of rotatable bonds is 9. The molecule has 0 bridgehead atoms. The van der Waals surface area contributed by atoms with E-state index in [1.165, 1.54) is 6.92 Å². The molecule has 34 heavy (non-hydrogen) atoms. The number of nitrogens with one attached hydrogen (secondary N) is 2. The number of ether oxygens (including phenoxy) is 2. The molecule has 1 aliphatic rings. The molecule has 0 unspecified atom stereocenters. The Morgan fingerprint density at radius 1 is 1.00 bits per heavy atom. The average Bonchev–Trinajstić information content (AvgIpc) is 2.85. The average molecular weight is 464 g/mol. The highest BCUT2D eigenvalue weighted by Crippen LogP contribution is 2.26. The van der Waals surface area contributed by atoms with E-state index >= 15 is 0 Å². The summed E-state index contributed by atoms with van der Waals surface area (Å²) in [4.78, 5) is 30.7. The topological polar surface area (TPSA) is 174 Å². The van der Waals surface area contributed by atoms with Crippen molar-refractivity contribution in [1.29, 1.82) is 0 Å². The third kappa shape index (κ3) is 6.47. The summed E-state index contributed by atoms with van der Waals surface area (Å²) in [6, 6.07) is 15.0. The van der Waals surface area contributed by atoms with Gasteiger partial charge in [-0.05, 0) is 28.8 Å². The molecule has 0 radical (unpaired) electrons. The Balaban J connectivity index is 1.95. The molecule has 1 fully saturated rings. The Labute approximate surface area is 195 Å². The maximum Gasteiger partial charge on any atom is 0.251 e. The van der Waals surface area contributed by atoms with Crippen LogP contribution in [-0.2, 0) is 20.9 Å². The molecule has 2 aromatic carbocycles. The molecule has 0 aliphatic carbocycles. The van der Waals surface area contributed by atoms with Gasteiger partial charge in [0.15, 0.2) is 6.29 Å². The van der Waals surface area contributed by atoms with E-state index in [0.717, 1.165) is 5.56 Å². The van der Waals surface area contributed by atoms with Gasteiger partial charge in [0.2, 0.25) is 5.91 Å². The third-order valence-corrected chi connectivity index (χ3v) is 5.21. The minimum Gasteiger partial charge on any atom is -0.347 e. The lowest BCUT2D eigenvalue weighted by atomic mass is 9.91. The summed E-state index contributed by atoms with van der Waals surface area (Å²) in [5.74, 6) is -0.834. The second kappa shape index (κ2) is 12.2. The van der Waals surface area contributed by atoms with Crippen LogP contribution in [0.15, 0.2) is 70.9 Å². The van der Waals surface area contributed by atoms with Crippen molar-refractivity contribution in [3.05, 3.63) is 92.7 Å². The number of benzene rings is 2. The van der Waals surface area contributed by atoms with Crippen LogP contribution in [0.3, 0.4) is 0 Å². The van der Waals surface area contributed by atoms with E-state index in [1.54, 1.807) is 30.3 Å². The van der Waals surface area contributed by atoms with Gasteiger partial charge in [-0.2, -0.15) is 0 Å². The van der Waals surface area contributed by atoms with Crippen LogP contribution in [0.5, 0.6) is 0 Å². The van der Waals surface area contributed by atoms with Gasteiger partial charge >= 0.3 is 0 Å². The predicted octanol–water partition coefficient (Wildman–Crippen LogP) is 3.22. The van der Waals surface area contributed by atoms with E-state index in [2.05, 4.69) is 30.7 Å². The molecule has 12 heteroatoms. The Morgan fingerprint density at radius 2 is 1.68 bits per heavy atom. The fourth-order valence-corrected chi connectivity index (χ4v) is 3.71. The summed E-state index contributed by atoms with van der Waals surface area (Å²) in [5, 5.41) is 13.0. The minimum atomic E-state index is -1.03. The number of carbonyl (C=O) groups is 2. The van der Waals surface area contributed by atoms with E-state index in [0.29, 0.717) is 5.56 Å². The molecule has 176 valence electrons. The quantitative estimate of drug-likeness (QED) is 0.329. The zero-order valence-corrected chi connectivity index (χ0v) is 18.4. The SMILES string of the molecule is CC(=O)N[C@H]1[C@H](OCc2ccccc2)O[C@@H](CN=[N+]=[N-])[C@H](N=[N+]=[N-])[C@@H]1NC(=O)c1ccccc1. The fourth-order valence-electron chi connectivity index (χ4n) is 3.71. The lowest BCUT2D eigenvalue weighted by Crippen LogP contribution is -2.68. The summed E-state index contributed by atoms with van der Waals surface area (Å²) in [5.41, 5.74) is 19.2. The van der Waals surface area contributed by atoms with Gasteiger partial charge < -0.3 is 20.1 Å². The number of azide groups is 2. The molecule has 3 rings (SSSR count). The monoisotopic (exact) mass is 464 g/mol. The first kappa shape index (κ1) is 24.6. The van der Waals surface area contributed by atoms with Crippen molar-refractivity contribution < 1.29 is 19.1 Å². The van der Waals surface area contributed by atoms with E-state index in [-0.39, 0.29) is 13.2 Å². The van der Waals surface area contributed by atoms with Crippen LogP contribution in [0.4, 0.5) is 0 Å². The highest BCUT2D eigenvalue weighted by Gasteiger charge is 2.47. The molecular weight excluding hydrogens is 440 g/mol.